The Hall–Kier alpha value is 1.11. The molecule has 0 amide bonds. The van der Waals surface area contributed by atoms with E-state index in [2.05, 4.69) is 25.3 Å². The van der Waals surface area contributed by atoms with Crippen LogP contribution in [0.3, 0.4) is 0 Å². The standard InChI is InChI=1S/C3H5.CH2OS2.Na/c1-3-2;2-1(3)4;/h1,3H,2H3;(H2,2,3,4);/q-1;;+1. The second-order valence-electron chi connectivity index (χ2n) is 0.616. The Kier molecular flexibility index (Phi) is 31.5. The van der Waals surface area contributed by atoms with Crippen LogP contribution in [0, 0.1) is 6.58 Å². The van der Waals surface area contributed by atoms with Crippen LogP contribution in [0.1, 0.15) is 6.92 Å². The quantitative estimate of drug-likeness (QED) is 0.262. The fourth-order valence-electron chi connectivity index (χ4n) is 0. The van der Waals surface area contributed by atoms with E-state index in [0.29, 0.717) is 0 Å². The third-order valence-corrected chi connectivity index (χ3v) is 0. The molecule has 1 nitrogen and oxygen atoms in total. The van der Waals surface area contributed by atoms with E-state index in [1.807, 2.05) is 0 Å². The monoisotopic (exact) mass is 158 g/mol. The average molecular weight is 158 g/mol. The maximum atomic E-state index is 9.17. The van der Waals surface area contributed by atoms with Crippen molar-refractivity contribution in [1.82, 2.24) is 0 Å². The van der Waals surface area contributed by atoms with Gasteiger partial charge in [-0.2, -0.15) is 0 Å². The summed E-state index contributed by atoms with van der Waals surface area (Å²) >= 11 is 6.38. The zero-order valence-electron chi connectivity index (χ0n) is 4.96. The molecule has 0 spiro atoms. The second kappa shape index (κ2) is 15.7. The minimum absolute atomic E-state index is 0. The van der Waals surface area contributed by atoms with Crippen molar-refractivity contribution in [2.75, 3.05) is 0 Å². The molecule has 0 bridgehead atoms. The van der Waals surface area contributed by atoms with Gasteiger partial charge in [-0.15, -0.1) is 0 Å². The van der Waals surface area contributed by atoms with E-state index < -0.39 is 4.45 Å². The molecule has 0 aromatic rings. The molecule has 0 unspecified atom stereocenters. The van der Waals surface area contributed by atoms with Crippen LogP contribution >= 0.6 is 25.3 Å². The van der Waals surface area contributed by atoms with Crippen LogP contribution in [-0.4, -0.2) is 4.45 Å². The van der Waals surface area contributed by atoms with Crippen molar-refractivity contribution in [2.45, 2.75) is 6.92 Å². The summed E-state index contributed by atoms with van der Waals surface area (Å²) < 4.78 is -0.444. The molecular weight excluding hydrogens is 151 g/mol. The van der Waals surface area contributed by atoms with Gasteiger partial charge in [0.2, 0.25) is 4.45 Å². The van der Waals surface area contributed by atoms with Crippen LogP contribution in [0.2, 0.25) is 0 Å². The summed E-state index contributed by atoms with van der Waals surface area (Å²) in [4.78, 5) is 9.17. The maximum Gasteiger partial charge on any atom is 1.00 e. The van der Waals surface area contributed by atoms with E-state index in [1.54, 1.807) is 6.92 Å². The first-order valence-corrected chi connectivity index (χ1v) is 2.46. The van der Waals surface area contributed by atoms with E-state index in [-0.39, 0.29) is 29.6 Å². The third kappa shape index (κ3) is 215. The van der Waals surface area contributed by atoms with Crippen LogP contribution in [0.15, 0.2) is 6.08 Å². The molecule has 0 rings (SSSR count). The van der Waals surface area contributed by atoms with Gasteiger partial charge in [0, 0.05) is 0 Å². The van der Waals surface area contributed by atoms with Crippen molar-refractivity contribution in [2.24, 2.45) is 0 Å². The molecule has 0 aromatic heterocycles. The van der Waals surface area contributed by atoms with Crippen LogP contribution in [0.4, 0.5) is 4.79 Å². The van der Waals surface area contributed by atoms with Gasteiger partial charge in [-0.1, -0.05) is 32.2 Å². The third-order valence-electron chi connectivity index (χ3n) is 0. The minimum Gasteiger partial charge on any atom is -0.518 e. The largest absolute Gasteiger partial charge is 1.00 e. The van der Waals surface area contributed by atoms with E-state index in [4.69, 9.17) is 6.58 Å². The molecule has 0 fully saturated rings. The molecular formula is C4H7NaOS2. The molecule has 8 heavy (non-hydrogen) atoms. The molecule has 0 saturated heterocycles. The molecule has 0 radical (unpaired) electrons. The van der Waals surface area contributed by atoms with Gasteiger partial charge < -0.3 is 6.58 Å². The van der Waals surface area contributed by atoms with Gasteiger partial charge in [0.25, 0.3) is 0 Å². The van der Waals surface area contributed by atoms with Crippen LogP contribution < -0.4 is 29.6 Å². The van der Waals surface area contributed by atoms with Crippen molar-refractivity contribution < 1.29 is 34.4 Å². The molecule has 0 N–H and O–H groups in total. The van der Waals surface area contributed by atoms with E-state index >= 15 is 0 Å². The molecule has 42 valence electrons. The fraction of sp³-hybridized carbons (Fsp3) is 0.250. The van der Waals surface area contributed by atoms with Crippen molar-refractivity contribution in [3.8, 4) is 0 Å². The molecule has 0 aromatic carbocycles. The Morgan fingerprint density at radius 3 is 1.62 bits per heavy atom. The van der Waals surface area contributed by atoms with Gasteiger partial charge in [0.1, 0.15) is 0 Å². The van der Waals surface area contributed by atoms with Crippen molar-refractivity contribution in [3.63, 3.8) is 0 Å². The summed E-state index contributed by atoms with van der Waals surface area (Å²) in [5.41, 5.74) is 0. The Balaban J connectivity index is -0.0000000575. The fourth-order valence-corrected chi connectivity index (χ4v) is 0. The second-order valence-corrected chi connectivity index (χ2v) is 1.78. The molecule has 0 aliphatic rings. The molecule has 0 heterocycles. The first-order chi connectivity index (χ1) is 3.15. The van der Waals surface area contributed by atoms with Crippen molar-refractivity contribution in [1.29, 1.82) is 0 Å². The number of hydrogen-bond donors (Lipinski definition) is 2. The number of thiol groups is 2. The Labute approximate surface area is 83.0 Å². The molecule has 4 heteroatoms. The predicted molar refractivity (Wildman–Crippen MR) is 37.9 cm³/mol. The zero-order chi connectivity index (χ0) is 6.28. The number of carbonyl (C=O) groups excluding carboxylic acids is 1. The zero-order valence-corrected chi connectivity index (χ0v) is 8.75. The Morgan fingerprint density at radius 2 is 1.62 bits per heavy atom. The van der Waals surface area contributed by atoms with E-state index in [0.717, 1.165) is 0 Å². The first kappa shape index (κ1) is 16.1. The first-order valence-electron chi connectivity index (χ1n) is 1.56. The Morgan fingerprint density at radius 1 is 1.62 bits per heavy atom. The molecule has 0 atom stereocenters. The van der Waals surface area contributed by atoms with Crippen LogP contribution in [0.5, 0.6) is 0 Å². The van der Waals surface area contributed by atoms with E-state index in [1.165, 1.54) is 6.08 Å². The van der Waals surface area contributed by atoms with Crippen LogP contribution in [0.25, 0.3) is 0 Å². The van der Waals surface area contributed by atoms with Gasteiger partial charge in [-0.25, -0.2) is 0 Å². The summed E-state index contributed by atoms with van der Waals surface area (Å²) in [6.45, 7) is 6.50. The maximum absolute atomic E-state index is 9.17. The van der Waals surface area contributed by atoms with Gasteiger partial charge in [-0.05, 0) is 0 Å². The SMILES string of the molecule is O=C(S)S.[CH-]=CC.[Na+]. The van der Waals surface area contributed by atoms with Crippen LogP contribution in [-0.2, 0) is 0 Å². The summed E-state index contributed by atoms with van der Waals surface area (Å²) in [6.07, 6.45) is 1.50. The molecule has 0 aliphatic heterocycles. The minimum atomic E-state index is -0.444. The number of carbonyl (C=O) groups is 1. The van der Waals surface area contributed by atoms with Gasteiger partial charge >= 0.3 is 29.6 Å². The number of hydrogen-bond acceptors (Lipinski definition) is 1. The predicted octanol–water partition coefficient (Wildman–Crippen LogP) is -1.03. The average Bonchev–Trinajstić information content (AvgIpc) is 1.33. The van der Waals surface area contributed by atoms with Gasteiger partial charge in [0.05, 0.1) is 0 Å². The van der Waals surface area contributed by atoms with Gasteiger partial charge in [-0.3, -0.25) is 10.9 Å². The topological polar surface area (TPSA) is 17.1 Å². The number of rotatable bonds is 0. The van der Waals surface area contributed by atoms with Gasteiger partial charge in [0.15, 0.2) is 0 Å². The summed E-state index contributed by atoms with van der Waals surface area (Å²) in [6, 6.07) is 0. The summed E-state index contributed by atoms with van der Waals surface area (Å²) in [5, 5.41) is 0. The molecule has 0 aliphatic carbocycles. The smallest absolute Gasteiger partial charge is 0.518 e. The summed E-state index contributed by atoms with van der Waals surface area (Å²) in [5.74, 6) is 0. The number of allylic oxidation sites excluding steroid dienone is 1. The van der Waals surface area contributed by atoms with Crippen molar-refractivity contribution >= 4 is 29.7 Å². The molecule has 0 saturated carbocycles. The summed E-state index contributed by atoms with van der Waals surface area (Å²) in [7, 11) is 0. The van der Waals surface area contributed by atoms with E-state index in [9.17, 15) is 4.79 Å². The normalized spacial score (nSPS) is 4.88. The van der Waals surface area contributed by atoms with Crippen molar-refractivity contribution in [3.05, 3.63) is 12.7 Å². The Bertz CT molecular complexity index is 61.1.